The number of pyridine rings is 1. The Morgan fingerprint density at radius 3 is 2.95 bits per heavy atom. The number of aromatic nitrogens is 4. The SMILES string of the molecule is Cc1nnc(NC(=O)c2ccncc2Cl)n1C1CC1. The van der Waals surface area contributed by atoms with Crippen molar-refractivity contribution in [3.63, 3.8) is 0 Å². The van der Waals surface area contributed by atoms with Crippen LogP contribution < -0.4 is 5.32 Å². The van der Waals surface area contributed by atoms with Gasteiger partial charge in [0, 0.05) is 18.4 Å². The van der Waals surface area contributed by atoms with Crippen molar-refractivity contribution in [1.29, 1.82) is 0 Å². The Hall–Kier alpha value is -1.95. The Balaban J connectivity index is 1.86. The quantitative estimate of drug-likeness (QED) is 0.934. The highest BCUT2D eigenvalue weighted by Crippen LogP contribution is 2.37. The first kappa shape index (κ1) is 12.1. The Morgan fingerprint density at radius 2 is 2.26 bits per heavy atom. The molecule has 6 nitrogen and oxygen atoms in total. The van der Waals surface area contributed by atoms with Gasteiger partial charge in [0.1, 0.15) is 5.82 Å². The summed E-state index contributed by atoms with van der Waals surface area (Å²) in [4.78, 5) is 16.0. The predicted octanol–water partition coefficient (Wildman–Crippen LogP) is 2.22. The number of nitrogens with zero attached hydrogens (tertiary/aromatic N) is 4. The average molecular weight is 278 g/mol. The maximum atomic E-state index is 12.1. The van der Waals surface area contributed by atoms with Crippen LogP contribution in [0.5, 0.6) is 0 Å². The molecule has 0 aromatic carbocycles. The molecule has 0 atom stereocenters. The fraction of sp³-hybridized carbons (Fsp3) is 0.333. The van der Waals surface area contributed by atoms with Gasteiger partial charge in [-0.1, -0.05) is 11.6 Å². The smallest absolute Gasteiger partial charge is 0.259 e. The lowest BCUT2D eigenvalue weighted by Crippen LogP contribution is -2.16. The van der Waals surface area contributed by atoms with Crippen LogP contribution in [0.4, 0.5) is 5.95 Å². The van der Waals surface area contributed by atoms with E-state index >= 15 is 0 Å². The van der Waals surface area contributed by atoms with Crippen molar-refractivity contribution in [2.75, 3.05) is 5.32 Å². The zero-order valence-electron chi connectivity index (χ0n) is 10.3. The van der Waals surface area contributed by atoms with Gasteiger partial charge in [-0.3, -0.25) is 19.7 Å². The molecule has 0 saturated heterocycles. The molecule has 1 N–H and O–H groups in total. The van der Waals surface area contributed by atoms with Crippen molar-refractivity contribution in [2.45, 2.75) is 25.8 Å². The Kier molecular flexibility index (Phi) is 2.94. The maximum Gasteiger partial charge on any atom is 0.259 e. The van der Waals surface area contributed by atoms with Gasteiger partial charge < -0.3 is 0 Å². The third-order valence-corrected chi connectivity index (χ3v) is 3.32. The molecular weight excluding hydrogens is 266 g/mol. The van der Waals surface area contributed by atoms with Crippen LogP contribution in [0.1, 0.15) is 35.1 Å². The van der Waals surface area contributed by atoms with E-state index < -0.39 is 0 Å². The van der Waals surface area contributed by atoms with Crippen LogP contribution in [0.2, 0.25) is 5.02 Å². The van der Waals surface area contributed by atoms with Gasteiger partial charge in [0.2, 0.25) is 5.95 Å². The highest BCUT2D eigenvalue weighted by molar-refractivity contribution is 6.34. The van der Waals surface area contributed by atoms with Crippen molar-refractivity contribution in [1.82, 2.24) is 19.7 Å². The first-order valence-electron chi connectivity index (χ1n) is 5.99. The lowest BCUT2D eigenvalue weighted by atomic mass is 10.2. The van der Waals surface area contributed by atoms with Crippen LogP contribution in [-0.4, -0.2) is 25.7 Å². The number of amides is 1. The predicted molar refractivity (Wildman–Crippen MR) is 70.2 cm³/mol. The second-order valence-electron chi connectivity index (χ2n) is 4.48. The zero-order chi connectivity index (χ0) is 13.4. The molecule has 0 spiro atoms. The van der Waals surface area contributed by atoms with E-state index in [0.717, 1.165) is 18.7 Å². The molecule has 1 amide bonds. The van der Waals surface area contributed by atoms with Gasteiger partial charge in [-0.25, -0.2) is 0 Å². The van der Waals surface area contributed by atoms with E-state index in [2.05, 4.69) is 20.5 Å². The van der Waals surface area contributed by atoms with E-state index in [1.165, 1.54) is 12.4 Å². The molecule has 1 fully saturated rings. The lowest BCUT2D eigenvalue weighted by molar-refractivity contribution is 0.102. The molecule has 1 aliphatic rings. The van der Waals surface area contributed by atoms with Gasteiger partial charge in [-0.05, 0) is 25.8 Å². The molecule has 98 valence electrons. The van der Waals surface area contributed by atoms with E-state index in [1.807, 2.05) is 11.5 Å². The van der Waals surface area contributed by atoms with Gasteiger partial charge >= 0.3 is 0 Å². The number of hydrogen-bond donors (Lipinski definition) is 1. The standard InChI is InChI=1S/C12H12ClN5O/c1-7-16-17-12(18(7)8-2-3-8)15-11(19)9-4-5-14-6-10(9)13/h4-6,8H,2-3H2,1H3,(H,15,17,19). The van der Waals surface area contributed by atoms with Crippen LogP contribution >= 0.6 is 11.6 Å². The molecule has 2 aromatic rings. The second kappa shape index (κ2) is 4.62. The molecule has 3 rings (SSSR count). The Labute approximate surface area is 114 Å². The lowest BCUT2D eigenvalue weighted by Gasteiger charge is -2.08. The summed E-state index contributed by atoms with van der Waals surface area (Å²) in [5.41, 5.74) is 0.375. The number of nitrogens with one attached hydrogen (secondary N) is 1. The largest absolute Gasteiger partial charge is 0.294 e. The van der Waals surface area contributed by atoms with Crippen molar-refractivity contribution >= 4 is 23.5 Å². The highest BCUT2D eigenvalue weighted by atomic mass is 35.5. The van der Waals surface area contributed by atoms with Crippen LogP contribution in [0, 0.1) is 6.92 Å². The maximum absolute atomic E-state index is 12.1. The molecule has 7 heteroatoms. The minimum Gasteiger partial charge on any atom is -0.294 e. The summed E-state index contributed by atoms with van der Waals surface area (Å²) in [6.07, 6.45) is 5.15. The monoisotopic (exact) mass is 277 g/mol. The van der Waals surface area contributed by atoms with Crippen LogP contribution in [0.25, 0.3) is 0 Å². The van der Waals surface area contributed by atoms with E-state index in [-0.39, 0.29) is 5.91 Å². The summed E-state index contributed by atoms with van der Waals surface area (Å²) in [6, 6.07) is 1.97. The fourth-order valence-corrected chi connectivity index (χ4v) is 2.16. The zero-order valence-corrected chi connectivity index (χ0v) is 11.1. The van der Waals surface area contributed by atoms with Crippen molar-refractivity contribution in [3.05, 3.63) is 34.9 Å². The topological polar surface area (TPSA) is 72.7 Å². The van der Waals surface area contributed by atoms with Crippen LogP contribution in [-0.2, 0) is 0 Å². The third kappa shape index (κ3) is 2.31. The Bertz CT molecular complexity index is 635. The number of hydrogen-bond acceptors (Lipinski definition) is 4. The highest BCUT2D eigenvalue weighted by Gasteiger charge is 2.29. The van der Waals surface area contributed by atoms with Crippen LogP contribution in [0.3, 0.4) is 0 Å². The van der Waals surface area contributed by atoms with E-state index in [4.69, 9.17) is 11.6 Å². The number of carbonyl (C=O) groups excluding carboxylic acids is 1. The summed E-state index contributed by atoms with van der Waals surface area (Å²) in [5.74, 6) is 0.971. The van der Waals surface area contributed by atoms with Crippen molar-refractivity contribution < 1.29 is 4.79 Å². The summed E-state index contributed by atoms with van der Waals surface area (Å²) >= 11 is 5.94. The van der Waals surface area contributed by atoms with Crippen molar-refractivity contribution in [3.8, 4) is 0 Å². The molecule has 0 bridgehead atoms. The summed E-state index contributed by atoms with van der Waals surface area (Å²) in [6.45, 7) is 1.88. The second-order valence-corrected chi connectivity index (χ2v) is 4.89. The number of rotatable bonds is 3. The first-order valence-corrected chi connectivity index (χ1v) is 6.37. The molecule has 0 aliphatic heterocycles. The van der Waals surface area contributed by atoms with Gasteiger partial charge in [0.25, 0.3) is 5.91 Å². The number of halogens is 1. The minimum atomic E-state index is -0.304. The van der Waals surface area contributed by atoms with Gasteiger partial charge in [0.05, 0.1) is 10.6 Å². The van der Waals surface area contributed by atoms with Gasteiger partial charge in [0.15, 0.2) is 0 Å². The molecule has 1 aliphatic carbocycles. The van der Waals surface area contributed by atoms with E-state index in [0.29, 0.717) is 22.6 Å². The molecule has 19 heavy (non-hydrogen) atoms. The average Bonchev–Trinajstić information content (AvgIpc) is 3.15. The molecule has 2 heterocycles. The van der Waals surface area contributed by atoms with Crippen LogP contribution in [0.15, 0.2) is 18.5 Å². The Morgan fingerprint density at radius 1 is 1.47 bits per heavy atom. The third-order valence-electron chi connectivity index (χ3n) is 3.02. The number of carbonyl (C=O) groups is 1. The summed E-state index contributed by atoms with van der Waals surface area (Å²) < 4.78 is 1.95. The first-order chi connectivity index (χ1) is 9.16. The van der Waals surface area contributed by atoms with Crippen molar-refractivity contribution in [2.24, 2.45) is 0 Å². The number of aryl methyl sites for hydroxylation is 1. The number of anilines is 1. The fourth-order valence-electron chi connectivity index (χ4n) is 1.95. The van der Waals surface area contributed by atoms with E-state index in [9.17, 15) is 4.79 Å². The molecule has 0 unspecified atom stereocenters. The normalized spacial score (nSPS) is 14.4. The molecular formula is C12H12ClN5O. The molecule has 0 radical (unpaired) electrons. The summed E-state index contributed by atoms with van der Waals surface area (Å²) in [5, 5.41) is 11.1. The van der Waals surface area contributed by atoms with Gasteiger partial charge in [-0.2, -0.15) is 0 Å². The van der Waals surface area contributed by atoms with E-state index in [1.54, 1.807) is 6.07 Å². The summed E-state index contributed by atoms with van der Waals surface area (Å²) in [7, 11) is 0. The minimum absolute atomic E-state index is 0.304. The molecule has 1 saturated carbocycles. The molecule has 2 aromatic heterocycles. The van der Waals surface area contributed by atoms with Gasteiger partial charge in [-0.15, -0.1) is 10.2 Å².